The lowest BCUT2D eigenvalue weighted by Crippen LogP contribution is -2.36. The Morgan fingerprint density at radius 3 is 2.78 bits per heavy atom. The smallest absolute Gasteiger partial charge is 0.333 e. The summed E-state index contributed by atoms with van der Waals surface area (Å²) in [5.41, 5.74) is 0.998. The minimum atomic E-state index is -4.45. The van der Waals surface area contributed by atoms with Crippen molar-refractivity contribution in [2.45, 2.75) is 38.3 Å². The summed E-state index contributed by atoms with van der Waals surface area (Å²) in [7, 11) is 0. The van der Waals surface area contributed by atoms with Crippen LogP contribution in [0.15, 0.2) is 0 Å². The van der Waals surface area contributed by atoms with Gasteiger partial charge in [0.05, 0.1) is 11.6 Å². The van der Waals surface area contributed by atoms with E-state index >= 15 is 0 Å². The van der Waals surface area contributed by atoms with Gasteiger partial charge < -0.3 is 10.2 Å². The second-order valence-electron chi connectivity index (χ2n) is 5.88. The molecule has 2 aliphatic rings. The fourth-order valence-corrected chi connectivity index (χ4v) is 3.98. The van der Waals surface area contributed by atoms with Crippen molar-refractivity contribution in [3.8, 4) is 0 Å². The highest BCUT2D eigenvalue weighted by molar-refractivity contribution is 7.15. The van der Waals surface area contributed by atoms with Crippen LogP contribution in [0.25, 0.3) is 0 Å². The van der Waals surface area contributed by atoms with Crippen LogP contribution in [0.5, 0.6) is 0 Å². The molecule has 0 bridgehead atoms. The van der Waals surface area contributed by atoms with Gasteiger partial charge in [0.1, 0.15) is 6.54 Å². The molecule has 23 heavy (non-hydrogen) atoms. The number of rotatable bonds is 3. The summed E-state index contributed by atoms with van der Waals surface area (Å²) in [5, 5.41) is 3.13. The first-order valence-electron chi connectivity index (χ1n) is 7.46. The van der Waals surface area contributed by atoms with Crippen LogP contribution in [0, 0.1) is 5.92 Å². The molecule has 0 saturated carbocycles. The van der Waals surface area contributed by atoms with Crippen LogP contribution < -0.4 is 5.32 Å². The second kappa shape index (κ2) is 6.10. The van der Waals surface area contributed by atoms with Gasteiger partial charge in [-0.25, -0.2) is 4.98 Å². The number of carbonyl (C=O) groups excluding carboxylic acids is 2. The van der Waals surface area contributed by atoms with E-state index in [2.05, 4.69) is 10.3 Å². The number of carbonyl (C=O) groups is 2. The SMILES string of the molecule is O=C(Nc1nc2c(s1)CCCC2)[C@H]1CC(=O)N(CC(F)(F)F)C1. The monoisotopic (exact) mass is 347 g/mol. The van der Waals surface area contributed by atoms with Gasteiger partial charge in [0, 0.05) is 17.8 Å². The summed E-state index contributed by atoms with van der Waals surface area (Å²) in [5.74, 6) is -1.83. The van der Waals surface area contributed by atoms with Crippen molar-refractivity contribution in [3.05, 3.63) is 10.6 Å². The van der Waals surface area contributed by atoms with Crippen molar-refractivity contribution in [1.29, 1.82) is 0 Å². The minimum absolute atomic E-state index is 0.187. The summed E-state index contributed by atoms with van der Waals surface area (Å²) in [6.07, 6.45) is -0.616. The van der Waals surface area contributed by atoms with Crippen LogP contribution in [-0.2, 0) is 22.4 Å². The first-order chi connectivity index (χ1) is 10.8. The molecular weight excluding hydrogens is 331 g/mol. The summed E-state index contributed by atoms with van der Waals surface area (Å²) in [4.78, 5) is 30.0. The predicted octanol–water partition coefficient (Wildman–Crippen LogP) is 2.37. The third-order valence-corrected chi connectivity index (χ3v) is 5.10. The maximum atomic E-state index is 12.4. The Morgan fingerprint density at radius 2 is 2.09 bits per heavy atom. The van der Waals surface area contributed by atoms with Gasteiger partial charge in [-0.15, -0.1) is 11.3 Å². The number of nitrogens with one attached hydrogen (secondary N) is 1. The first kappa shape index (κ1) is 16.2. The van der Waals surface area contributed by atoms with E-state index in [0.29, 0.717) is 10.0 Å². The molecule has 1 N–H and O–H groups in total. The molecule has 0 aromatic carbocycles. The molecular formula is C14H16F3N3O2S. The number of fused-ring (bicyclic) bond motifs is 1. The number of hydrogen-bond acceptors (Lipinski definition) is 4. The predicted molar refractivity (Wildman–Crippen MR) is 78.1 cm³/mol. The maximum absolute atomic E-state index is 12.4. The lowest BCUT2D eigenvalue weighted by molar-refractivity contribution is -0.157. The van der Waals surface area contributed by atoms with Gasteiger partial charge in [0.2, 0.25) is 11.8 Å². The Bertz CT molecular complexity index is 606. The number of hydrogen-bond donors (Lipinski definition) is 1. The van der Waals surface area contributed by atoms with Crippen molar-refractivity contribution < 1.29 is 22.8 Å². The summed E-state index contributed by atoms with van der Waals surface area (Å²) in [6, 6.07) is 0. The lowest BCUT2D eigenvalue weighted by atomic mass is 10.0. The van der Waals surface area contributed by atoms with Crippen molar-refractivity contribution in [2.75, 3.05) is 18.4 Å². The highest BCUT2D eigenvalue weighted by Gasteiger charge is 2.40. The molecule has 0 radical (unpaired) electrons. The number of amides is 2. The molecule has 1 fully saturated rings. The number of anilines is 1. The van der Waals surface area contributed by atoms with Crippen molar-refractivity contribution in [1.82, 2.24) is 9.88 Å². The average molecular weight is 347 g/mol. The van der Waals surface area contributed by atoms with Gasteiger partial charge in [-0.3, -0.25) is 9.59 Å². The first-order valence-corrected chi connectivity index (χ1v) is 8.27. The van der Waals surface area contributed by atoms with E-state index in [0.717, 1.165) is 36.3 Å². The maximum Gasteiger partial charge on any atom is 0.406 e. The fourth-order valence-electron chi connectivity index (χ4n) is 2.93. The zero-order chi connectivity index (χ0) is 16.6. The summed E-state index contributed by atoms with van der Waals surface area (Å²) < 4.78 is 37.2. The third kappa shape index (κ3) is 3.82. The van der Waals surface area contributed by atoms with Gasteiger partial charge in [-0.1, -0.05) is 0 Å². The number of aromatic nitrogens is 1. The van der Waals surface area contributed by atoms with Crippen molar-refractivity contribution in [3.63, 3.8) is 0 Å². The van der Waals surface area contributed by atoms with Crippen LogP contribution in [-0.4, -0.2) is 41.0 Å². The molecule has 2 heterocycles. The van der Waals surface area contributed by atoms with Gasteiger partial charge in [-0.05, 0) is 25.7 Å². The Hall–Kier alpha value is -1.64. The number of alkyl halides is 3. The van der Waals surface area contributed by atoms with Gasteiger partial charge in [0.15, 0.2) is 5.13 Å². The van der Waals surface area contributed by atoms with Crippen LogP contribution in [0.4, 0.5) is 18.3 Å². The molecule has 2 amide bonds. The number of thiazole rings is 1. The number of nitrogens with zero attached hydrogens (tertiary/aromatic N) is 2. The van der Waals surface area contributed by atoms with Gasteiger partial charge in [-0.2, -0.15) is 13.2 Å². The largest absolute Gasteiger partial charge is 0.406 e. The van der Waals surface area contributed by atoms with E-state index in [-0.39, 0.29) is 13.0 Å². The van der Waals surface area contributed by atoms with Crippen LogP contribution in [0.3, 0.4) is 0 Å². The van der Waals surface area contributed by atoms with E-state index in [1.54, 1.807) is 0 Å². The number of likely N-dealkylation sites (tertiary alicyclic amines) is 1. The van der Waals surface area contributed by atoms with Crippen LogP contribution in [0.2, 0.25) is 0 Å². The minimum Gasteiger partial charge on any atom is -0.333 e. The van der Waals surface area contributed by atoms with Crippen LogP contribution in [0.1, 0.15) is 29.8 Å². The highest BCUT2D eigenvalue weighted by atomic mass is 32.1. The quantitative estimate of drug-likeness (QED) is 0.913. The average Bonchev–Trinajstić information content (AvgIpc) is 3.00. The van der Waals surface area contributed by atoms with E-state index in [4.69, 9.17) is 0 Å². The highest BCUT2D eigenvalue weighted by Crippen LogP contribution is 2.30. The lowest BCUT2D eigenvalue weighted by Gasteiger charge is -2.18. The van der Waals surface area contributed by atoms with Gasteiger partial charge in [0.25, 0.3) is 0 Å². The van der Waals surface area contributed by atoms with E-state index in [1.165, 1.54) is 11.3 Å². The Balaban J connectivity index is 1.60. The third-order valence-electron chi connectivity index (χ3n) is 4.03. The summed E-state index contributed by atoms with van der Waals surface area (Å²) >= 11 is 1.41. The molecule has 3 rings (SSSR count). The van der Waals surface area contributed by atoms with E-state index in [1.807, 2.05) is 0 Å². The number of aryl methyl sites for hydroxylation is 2. The molecule has 1 aromatic heterocycles. The molecule has 5 nitrogen and oxygen atoms in total. The van der Waals surface area contributed by atoms with Gasteiger partial charge >= 0.3 is 6.18 Å². The molecule has 9 heteroatoms. The zero-order valence-electron chi connectivity index (χ0n) is 12.3. The Labute approximate surface area is 134 Å². The molecule has 0 unspecified atom stereocenters. The van der Waals surface area contributed by atoms with Crippen LogP contribution >= 0.6 is 11.3 Å². The Morgan fingerprint density at radius 1 is 1.35 bits per heavy atom. The van der Waals surface area contributed by atoms with Crippen molar-refractivity contribution >= 4 is 28.3 Å². The molecule has 1 saturated heterocycles. The molecule has 1 atom stereocenters. The standard InChI is InChI=1S/C14H16F3N3O2S/c15-14(16,17)7-20-6-8(5-11(20)21)12(22)19-13-18-9-3-1-2-4-10(9)23-13/h8H,1-7H2,(H,18,19,22)/t8-/m0/s1. The topological polar surface area (TPSA) is 62.3 Å². The molecule has 1 aliphatic heterocycles. The molecule has 0 spiro atoms. The molecule has 1 aliphatic carbocycles. The Kier molecular flexibility index (Phi) is 4.31. The van der Waals surface area contributed by atoms with E-state index in [9.17, 15) is 22.8 Å². The molecule has 126 valence electrons. The van der Waals surface area contributed by atoms with E-state index < -0.39 is 30.5 Å². The summed E-state index contributed by atoms with van der Waals surface area (Å²) in [6.45, 7) is -1.50. The second-order valence-corrected chi connectivity index (χ2v) is 6.96. The van der Waals surface area contributed by atoms with Crippen molar-refractivity contribution in [2.24, 2.45) is 5.92 Å². The molecule has 1 aromatic rings. The number of halogens is 3. The fraction of sp³-hybridized carbons (Fsp3) is 0.643. The normalized spacial score (nSPS) is 21.4. The zero-order valence-corrected chi connectivity index (χ0v) is 13.1.